The number of phenols is 1. The topological polar surface area (TPSA) is 96.3 Å². The van der Waals surface area contributed by atoms with Crippen LogP contribution >= 0.6 is 0 Å². The number of rotatable bonds is 8. The van der Waals surface area contributed by atoms with Gasteiger partial charge in [0.15, 0.2) is 0 Å². The van der Waals surface area contributed by atoms with Gasteiger partial charge < -0.3 is 19.5 Å². The molecule has 2 heterocycles. The second kappa shape index (κ2) is 12.0. The molecule has 2 amide bonds. The average molecular weight is 563 g/mol. The van der Waals surface area contributed by atoms with Crippen molar-refractivity contribution in [2.75, 3.05) is 13.7 Å². The summed E-state index contributed by atoms with van der Waals surface area (Å²) in [6, 6.07) is 26.7. The Bertz CT molecular complexity index is 1520. The molecule has 42 heavy (non-hydrogen) atoms. The number of aromatic hydroxyl groups is 1. The zero-order valence-electron chi connectivity index (χ0n) is 23.6. The molecule has 2 N–H and O–H groups in total. The van der Waals surface area contributed by atoms with Gasteiger partial charge in [0.25, 0.3) is 0 Å². The summed E-state index contributed by atoms with van der Waals surface area (Å²) < 4.78 is 12.4. The van der Waals surface area contributed by atoms with Crippen LogP contribution in [0, 0.1) is 17.8 Å². The number of imide groups is 1. The lowest BCUT2D eigenvalue weighted by atomic mass is 9.58. The third-order valence-electron chi connectivity index (χ3n) is 8.77. The van der Waals surface area contributed by atoms with E-state index in [-0.39, 0.29) is 36.4 Å². The standard InChI is InChI=1S/C34H34BNO6/c1-36-33(38)27-19-25(21-41-26-13-6-3-7-14-26)31-28(32(27)34(36)39)20-35(40)42-30(31)17-16-23(22-10-4-2-5-11-22)18-24-12-8-9-15-29(24)37/h2-15,18,27-28,30,32,37,40H,16-17,19-21H2,1H3/b23-18-/t27-,28+,30-,32-/m1/s1. The number of ether oxygens (including phenoxy) is 1. The summed E-state index contributed by atoms with van der Waals surface area (Å²) in [5.41, 5.74) is 4.69. The summed E-state index contributed by atoms with van der Waals surface area (Å²) in [5.74, 6) is -0.716. The molecule has 0 spiro atoms. The van der Waals surface area contributed by atoms with Gasteiger partial charge in [-0.25, -0.2) is 0 Å². The lowest BCUT2D eigenvalue weighted by Crippen LogP contribution is -2.46. The maximum atomic E-state index is 13.3. The van der Waals surface area contributed by atoms with Crippen molar-refractivity contribution < 1.29 is 29.1 Å². The summed E-state index contributed by atoms with van der Waals surface area (Å²) in [6.45, 7) is 0.277. The number of allylic oxidation sites excluding steroid dienone is 1. The van der Waals surface area contributed by atoms with Gasteiger partial charge in [0, 0.05) is 12.6 Å². The normalized spacial score (nSPS) is 24.1. The predicted molar refractivity (Wildman–Crippen MR) is 161 cm³/mol. The third kappa shape index (κ3) is 5.52. The fourth-order valence-corrected chi connectivity index (χ4v) is 6.78. The summed E-state index contributed by atoms with van der Waals surface area (Å²) in [4.78, 5) is 27.6. The summed E-state index contributed by atoms with van der Waals surface area (Å²) in [5, 5.41) is 21.3. The van der Waals surface area contributed by atoms with Crippen LogP contribution in [0.25, 0.3) is 11.6 Å². The SMILES string of the molecule is CN1C(=O)[C@@H]2[C@@H](CC(COc3ccccc3)=C3[C@@H](CC/C(=C/c4ccccc4O)c4ccccc4)OB(O)C[C@@H]32)C1=O. The second-order valence-corrected chi connectivity index (χ2v) is 11.3. The first-order valence-electron chi connectivity index (χ1n) is 14.5. The Hall–Kier alpha value is -4.14. The fraction of sp³-hybridized carbons (Fsp3) is 0.294. The van der Waals surface area contributed by atoms with E-state index in [1.165, 1.54) is 4.90 Å². The molecule has 7 nitrogen and oxygen atoms in total. The van der Waals surface area contributed by atoms with Gasteiger partial charge in [-0.05, 0) is 78.1 Å². The van der Waals surface area contributed by atoms with Crippen molar-refractivity contribution in [3.05, 3.63) is 107 Å². The quantitative estimate of drug-likeness (QED) is 0.169. The van der Waals surface area contributed by atoms with Gasteiger partial charge in [0.1, 0.15) is 18.1 Å². The number of phenolic OH excluding ortho intramolecular Hbond substituents is 1. The molecule has 6 rings (SSSR count). The van der Waals surface area contributed by atoms with E-state index in [0.29, 0.717) is 24.8 Å². The number of fused-ring (bicyclic) bond motifs is 3. The predicted octanol–water partition coefficient (Wildman–Crippen LogP) is 5.22. The highest BCUT2D eigenvalue weighted by Crippen LogP contribution is 2.50. The molecule has 1 aliphatic carbocycles. The van der Waals surface area contributed by atoms with Crippen LogP contribution in [-0.2, 0) is 14.2 Å². The highest BCUT2D eigenvalue weighted by atomic mass is 16.5. The van der Waals surface area contributed by atoms with E-state index in [4.69, 9.17) is 9.39 Å². The Balaban J connectivity index is 1.35. The number of hydrogen-bond donors (Lipinski definition) is 2. The van der Waals surface area contributed by atoms with Gasteiger partial charge in [-0.15, -0.1) is 0 Å². The maximum absolute atomic E-state index is 13.3. The van der Waals surface area contributed by atoms with Crippen molar-refractivity contribution >= 4 is 30.6 Å². The van der Waals surface area contributed by atoms with Crippen molar-refractivity contribution in [2.24, 2.45) is 17.8 Å². The molecule has 214 valence electrons. The van der Waals surface area contributed by atoms with E-state index in [1.807, 2.05) is 78.9 Å². The smallest absolute Gasteiger partial charge is 0.455 e. The molecule has 0 bridgehead atoms. The van der Waals surface area contributed by atoms with E-state index in [0.717, 1.165) is 28.0 Å². The van der Waals surface area contributed by atoms with E-state index in [2.05, 4.69) is 0 Å². The van der Waals surface area contributed by atoms with Crippen LogP contribution in [0.4, 0.5) is 0 Å². The van der Waals surface area contributed by atoms with Crippen LogP contribution in [-0.4, -0.2) is 53.7 Å². The first-order chi connectivity index (χ1) is 20.4. The first-order valence-corrected chi connectivity index (χ1v) is 14.5. The number of likely N-dealkylation sites (tertiary alicyclic amines) is 1. The third-order valence-corrected chi connectivity index (χ3v) is 8.77. The molecule has 0 saturated carbocycles. The van der Waals surface area contributed by atoms with Crippen molar-refractivity contribution in [1.29, 1.82) is 0 Å². The van der Waals surface area contributed by atoms with E-state index < -0.39 is 25.1 Å². The highest BCUT2D eigenvalue weighted by Gasteiger charge is 2.56. The maximum Gasteiger partial charge on any atom is 0.455 e. The fourth-order valence-electron chi connectivity index (χ4n) is 6.78. The van der Waals surface area contributed by atoms with E-state index in [1.54, 1.807) is 19.2 Å². The second-order valence-electron chi connectivity index (χ2n) is 11.3. The van der Waals surface area contributed by atoms with Gasteiger partial charge >= 0.3 is 7.12 Å². The summed E-state index contributed by atoms with van der Waals surface area (Å²) >= 11 is 0. The molecule has 2 fully saturated rings. The molecular formula is C34H34BNO6. The number of nitrogens with zero attached hydrogens (tertiary/aromatic N) is 1. The van der Waals surface area contributed by atoms with Gasteiger partial charge in [0.2, 0.25) is 11.8 Å². The van der Waals surface area contributed by atoms with Gasteiger partial charge in [-0.1, -0.05) is 66.7 Å². The molecule has 0 aromatic heterocycles. The van der Waals surface area contributed by atoms with Gasteiger partial charge in [-0.2, -0.15) is 0 Å². The number of amides is 2. The Morgan fingerprint density at radius 1 is 0.976 bits per heavy atom. The van der Waals surface area contributed by atoms with Gasteiger partial charge in [-0.3, -0.25) is 14.5 Å². The lowest BCUT2D eigenvalue weighted by molar-refractivity contribution is -0.138. The summed E-state index contributed by atoms with van der Waals surface area (Å²) in [6.07, 6.45) is 3.35. The lowest BCUT2D eigenvalue weighted by Gasteiger charge is -2.43. The van der Waals surface area contributed by atoms with Crippen molar-refractivity contribution in [3.63, 3.8) is 0 Å². The molecule has 0 unspecified atom stereocenters. The minimum absolute atomic E-state index is 0.171. The van der Waals surface area contributed by atoms with Crippen LogP contribution in [0.1, 0.15) is 30.4 Å². The largest absolute Gasteiger partial charge is 0.507 e. The number of para-hydroxylation sites is 2. The first kappa shape index (κ1) is 28.0. The zero-order valence-corrected chi connectivity index (χ0v) is 23.6. The molecule has 8 heteroatoms. The van der Waals surface area contributed by atoms with E-state index >= 15 is 0 Å². The number of carbonyl (C=O) groups excluding carboxylic acids is 2. The summed E-state index contributed by atoms with van der Waals surface area (Å²) in [7, 11) is 0.501. The number of benzene rings is 3. The van der Waals surface area contributed by atoms with Crippen molar-refractivity contribution in [3.8, 4) is 11.5 Å². The molecule has 3 aromatic carbocycles. The molecule has 0 radical (unpaired) electrons. The molecular weight excluding hydrogens is 529 g/mol. The van der Waals surface area contributed by atoms with Crippen molar-refractivity contribution in [2.45, 2.75) is 31.7 Å². The molecule has 3 aromatic rings. The Morgan fingerprint density at radius 3 is 2.40 bits per heavy atom. The van der Waals surface area contributed by atoms with Crippen LogP contribution in [0.5, 0.6) is 11.5 Å². The van der Waals surface area contributed by atoms with Gasteiger partial charge in [0.05, 0.1) is 17.9 Å². The minimum Gasteiger partial charge on any atom is -0.507 e. The Kier molecular flexibility index (Phi) is 8.00. The van der Waals surface area contributed by atoms with Crippen LogP contribution in [0.15, 0.2) is 96.1 Å². The number of hydrogen-bond acceptors (Lipinski definition) is 6. The minimum atomic E-state index is -1.05. The molecule has 3 aliphatic rings. The molecule has 4 atom stereocenters. The Morgan fingerprint density at radius 2 is 1.67 bits per heavy atom. The Labute approximate surface area is 246 Å². The monoisotopic (exact) mass is 563 g/mol. The molecule has 2 aliphatic heterocycles. The number of carbonyl (C=O) groups is 2. The highest BCUT2D eigenvalue weighted by molar-refractivity contribution is 6.43. The molecule has 2 saturated heterocycles. The van der Waals surface area contributed by atoms with Crippen LogP contribution < -0.4 is 4.74 Å². The van der Waals surface area contributed by atoms with Crippen LogP contribution in [0.2, 0.25) is 6.32 Å². The van der Waals surface area contributed by atoms with Crippen molar-refractivity contribution in [1.82, 2.24) is 4.90 Å². The van der Waals surface area contributed by atoms with E-state index in [9.17, 15) is 19.7 Å². The zero-order chi connectivity index (χ0) is 29.2. The average Bonchev–Trinajstić information content (AvgIpc) is 3.23. The van der Waals surface area contributed by atoms with Crippen LogP contribution in [0.3, 0.4) is 0 Å².